The smallest absolute Gasteiger partial charge is 0.386 e. The number of phosphoric acid groups is 1. The van der Waals surface area contributed by atoms with E-state index in [0.29, 0.717) is 17.2 Å². The lowest BCUT2D eigenvalue weighted by Crippen LogP contribution is -2.07. The summed E-state index contributed by atoms with van der Waals surface area (Å²) in [6.45, 7) is 5.90. The lowest BCUT2D eigenvalue weighted by atomic mass is 10.2. The van der Waals surface area contributed by atoms with Gasteiger partial charge in [-0.1, -0.05) is 53.1 Å². The van der Waals surface area contributed by atoms with Crippen molar-refractivity contribution in [1.82, 2.24) is 0 Å². The van der Waals surface area contributed by atoms with Gasteiger partial charge in [0, 0.05) is 0 Å². The molecule has 28 heavy (non-hydrogen) atoms. The maximum atomic E-state index is 13.3. The number of benzene rings is 3. The van der Waals surface area contributed by atoms with E-state index >= 15 is 0 Å². The second-order valence-corrected chi connectivity index (χ2v) is 7.60. The molecule has 0 radical (unpaired) electrons. The van der Waals surface area contributed by atoms with Crippen LogP contribution in [0.1, 0.15) is 16.7 Å². The van der Waals surface area contributed by atoms with Crippen LogP contribution < -0.4 is 25.3 Å². The first-order valence-electron chi connectivity index (χ1n) is 8.64. The number of nitrogens with two attached hydrogens (primary N) is 2. The zero-order chi connectivity index (χ0) is 20.6. The van der Waals surface area contributed by atoms with Gasteiger partial charge in [0.2, 0.25) is 0 Å². The van der Waals surface area contributed by atoms with Crippen molar-refractivity contribution in [2.24, 2.45) is 11.7 Å². The van der Waals surface area contributed by atoms with Crippen molar-refractivity contribution < 1.29 is 18.1 Å². The summed E-state index contributed by atoms with van der Waals surface area (Å²) in [5.74, 6) is 9.24. The fourth-order valence-electron chi connectivity index (χ4n) is 2.24. The Kier molecular flexibility index (Phi) is 7.64. The average molecular weight is 400 g/mol. The Morgan fingerprint density at radius 3 is 0.964 bits per heavy atom. The number of hydrogen-bond donors (Lipinski definition) is 2. The number of rotatable bonds is 6. The number of phosphoric ester groups is 1. The van der Waals surface area contributed by atoms with Gasteiger partial charge in [-0.25, -0.2) is 0 Å². The second kappa shape index (κ2) is 9.95. The molecule has 3 rings (SSSR count). The highest BCUT2D eigenvalue weighted by Crippen LogP contribution is 2.49. The first kappa shape index (κ1) is 21.5. The Hall–Kier alpha value is -2.79. The van der Waals surface area contributed by atoms with Gasteiger partial charge in [0.05, 0.1) is 0 Å². The predicted molar refractivity (Wildman–Crippen MR) is 111 cm³/mol. The molecule has 0 spiro atoms. The van der Waals surface area contributed by atoms with Gasteiger partial charge in [-0.3, -0.25) is 11.7 Å². The SMILES string of the molecule is Cc1ccc(OP(=O)(Oc2ccc(C)cc2)Oc2ccc(C)cc2)cc1.NN. The van der Waals surface area contributed by atoms with Crippen molar-refractivity contribution in [2.75, 3.05) is 0 Å². The molecule has 0 aliphatic rings. The first-order valence-corrected chi connectivity index (χ1v) is 10.1. The van der Waals surface area contributed by atoms with Crippen LogP contribution in [0.3, 0.4) is 0 Å². The van der Waals surface area contributed by atoms with E-state index in [-0.39, 0.29) is 0 Å². The van der Waals surface area contributed by atoms with E-state index in [9.17, 15) is 4.57 Å². The summed E-state index contributed by atoms with van der Waals surface area (Å²) in [5, 5.41) is 0. The molecule has 0 fully saturated rings. The molecule has 0 aliphatic carbocycles. The minimum atomic E-state index is -3.93. The average Bonchev–Trinajstić information content (AvgIpc) is 2.69. The van der Waals surface area contributed by atoms with Gasteiger partial charge < -0.3 is 13.6 Å². The molecule has 0 amide bonds. The van der Waals surface area contributed by atoms with Crippen LogP contribution in [0.25, 0.3) is 0 Å². The largest absolute Gasteiger partial charge is 0.647 e. The number of hydrogen-bond acceptors (Lipinski definition) is 6. The fraction of sp³-hybridized carbons (Fsp3) is 0.143. The third-order valence-corrected chi connectivity index (χ3v) is 5.02. The first-order chi connectivity index (χ1) is 13.4. The summed E-state index contributed by atoms with van der Waals surface area (Å²) >= 11 is 0. The molecule has 0 atom stereocenters. The van der Waals surface area contributed by atoms with E-state index in [0.717, 1.165) is 16.7 Å². The van der Waals surface area contributed by atoms with Crippen molar-refractivity contribution in [3.63, 3.8) is 0 Å². The third-order valence-electron chi connectivity index (χ3n) is 3.71. The monoisotopic (exact) mass is 400 g/mol. The van der Waals surface area contributed by atoms with Crippen LogP contribution in [0.5, 0.6) is 17.2 Å². The summed E-state index contributed by atoms with van der Waals surface area (Å²) in [5.41, 5.74) is 3.23. The van der Waals surface area contributed by atoms with Gasteiger partial charge >= 0.3 is 7.82 Å². The number of aryl methyl sites for hydroxylation is 3. The van der Waals surface area contributed by atoms with E-state index in [1.54, 1.807) is 36.4 Å². The van der Waals surface area contributed by atoms with Crippen LogP contribution in [-0.4, -0.2) is 0 Å². The highest BCUT2D eigenvalue weighted by atomic mass is 31.2. The van der Waals surface area contributed by atoms with E-state index < -0.39 is 7.82 Å². The molecule has 0 saturated carbocycles. The maximum absolute atomic E-state index is 13.3. The van der Waals surface area contributed by atoms with E-state index in [2.05, 4.69) is 11.7 Å². The molecule has 0 saturated heterocycles. The summed E-state index contributed by atoms with van der Waals surface area (Å²) in [6, 6.07) is 21.6. The van der Waals surface area contributed by atoms with E-state index in [1.807, 2.05) is 57.2 Å². The predicted octanol–water partition coefficient (Wildman–Crippen LogP) is 5.08. The highest BCUT2D eigenvalue weighted by Gasteiger charge is 2.33. The van der Waals surface area contributed by atoms with E-state index in [4.69, 9.17) is 13.6 Å². The Morgan fingerprint density at radius 2 is 0.750 bits per heavy atom. The molecule has 148 valence electrons. The lowest BCUT2D eigenvalue weighted by molar-refractivity contribution is 0.298. The summed E-state index contributed by atoms with van der Waals surface area (Å²) < 4.78 is 30.2. The summed E-state index contributed by atoms with van der Waals surface area (Å²) in [7, 11) is -3.93. The molecule has 0 bridgehead atoms. The van der Waals surface area contributed by atoms with Gasteiger partial charge in [0.25, 0.3) is 0 Å². The Bertz CT molecular complexity index is 788. The molecule has 3 aromatic carbocycles. The van der Waals surface area contributed by atoms with Crippen LogP contribution in [-0.2, 0) is 4.57 Å². The molecule has 7 heteroatoms. The van der Waals surface area contributed by atoms with Gasteiger partial charge in [0.15, 0.2) is 0 Å². The van der Waals surface area contributed by atoms with Crippen LogP contribution >= 0.6 is 7.82 Å². The number of hydrazine groups is 1. The Balaban J connectivity index is 0.00000136. The molecular formula is C21H25N2O4P. The zero-order valence-corrected chi connectivity index (χ0v) is 17.1. The molecule has 6 nitrogen and oxygen atoms in total. The minimum Gasteiger partial charge on any atom is -0.386 e. The van der Waals surface area contributed by atoms with Crippen LogP contribution in [0.4, 0.5) is 0 Å². The van der Waals surface area contributed by atoms with Gasteiger partial charge in [0.1, 0.15) is 17.2 Å². The van der Waals surface area contributed by atoms with Gasteiger partial charge in [-0.2, -0.15) is 4.57 Å². The minimum absolute atomic E-state index is 0.415. The molecular weight excluding hydrogens is 375 g/mol. The Labute approximate surface area is 165 Å². The molecule has 3 aromatic rings. The standard InChI is InChI=1S/C21H21O4P.H4N2/c1-16-4-10-19(11-5-16)23-26(22,24-20-12-6-17(2)7-13-20)25-21-14-8-18(3)9-15-21;1-2/h4-15H,1-3H3;1-2H2. The van der Waals surface area contributed by atoms with Crippen LogP contribution in [0.2, 0.25) is 0 Å². The zero-order valence-electron chi connectivity index (χ0n) is 16.2. The quantitative estimate of drug-likeness (QED) is 0.340. The van der Waals surface area contributed by atoms with Crippen molar-refractivity contribution in [1.29, 1.82) is 0 Å². The van der Waals surface area contributed by atoms with Gasteiger partial charge in [-0.05, 0) is 57.2 Å². The molecule has 0 aliphatic heterocycles. The fourth-order valence-corrected chi connectivity index (χ4v) is 3.49. The topological polar surface area (TPSA) is 96.8 Å². The van der Waals surface area contributed by atoms with E-state index in [1.165, 1.54) is 0 Å². The second-order valence-electron chi connectivity index (χ2n) is 6.16. The van der Waals surface area contributed by atoms with Crippen molar-refractivity contribution >= 4 is 7.82 Å². The molecule has 0 unspecified atom stereocenters. The van der Waals surface area contributed by atoms with Crippen molar-refractivity contribution in [2.45, 2.75) is 20.8 Å². The third kappa shape index (κ3) is 6.43. The normalized spacial score (nSPS) is 10.5. The van der Waals surface area contributed by atoms with Gasteiger partial charge in [-0.15, -0.1) is 0 Å². The molecule has 4 N–H and O–H groups in total. The summed E-state index contributed by atoms with van der Waals surface area (Å²) in [6.07, 6.45) is 0. The molecule has 0 heterocycles. The maximum Gasteiger partial charge on any atom is 0.647 e. The van der Waals surface area contributed by atoms with Crippen LogP contribution in [0, 0.1) is 20.8 Å². The van der Waals surface area contributed by atoms with Crippen molar-refractivity contribution in [3.8, 4) is 17.2 Å². The highest BCUT2D eigenvalue weighted by molar-refractivity contribution is 7.49. The van der Waals surface area contributed by atoms with Crippen LogP contribution in [0.15, 0.2) is 72.8 Å². The van der Waals surface area contributed by atoms with Crippen molar-refractivity contribution in [3.05, 3.63) is 89.5 Å². The molecule has 0 aromatic heterocycles. The Morgan fingerprint density at radius 1 is 0.536 bits per heavy atom. The summed E-state index contributed by atoms with van der Waals surface area (Å²) in [4.78, 5) is 0. The lowest BCUT2D eigenvalue weighted by Gasteiger charge is -2.19.